The maximum absolute atomic E-state index is 11.0. The van der Waals surface area contributed by atoms with Crippen molar-refractivity contribution in [2.75, 3.05) is 0 Å². The highest BCUT2D eigenvalue weighted by molar-refractivity contribution is 5.66. The normalized spacial score (nSPS) is 13.3. The van der Waals surface area contributed by atoms with E-state index in [0.29, 0.717) is 6.42 Å². The van der Waals surface area contributed by atoms with Crippen LogP contribution in [0.15, 0.2) is 0 Å². The number of carbonyl (C=O) groups is 1. The van der Waals surface area contributed by atoms with Gasteiger partial charge in [0.15, 0.2) is 0 Å². The van der Waals surface area contributed by atoms with E-state index in [9.17, 15) is 4.79 Å². The summed E-state index contributed by atoms with van der Waals surface area (Å²) in [6, 6.07) is 0. The molecule has 0 radical (unpaired) electrons. The molecule has 0 spiro atoms. The number of aliphatic carboxylic acids is 1. The van der Waals surface area contributed by atoms with Crippen LogP contribution in [0.3, 0.4) is 0 Å². The van der Waals surface area contributed by atoms with Crippen molar-refractivity contribution in [3.05, 3.63) is 0 Å². The predicted octanol–water partition coefficient (Wildman–Crippen LogP) is 4.62. The van der Waals surface area contributed by atoms with Gasteiger partial charge >= 0.3 is 5.97 Å². The maximum atomic E-state index is 11.0. The van der Waals surface area contributed by atoms with Gasteiger partial charge in [-0.25, -0.2) is 9.78 Å². The van der Waals surface area contributed by atoms with Crippen molar-refractivity contribution in [3.63, 3.8) is 0 Å². The van der Waals surface area contributed by atoms with Crippen LogP contribution in [0.4, 0.5) is 0 Å². The highest BCUT2D eigenvalue weighted by Gasteiger charge is 2.38. The zero-order chi connectivity index (χ0) is 18.1. The summed E-state index contributed by atoms with van der Waals surface area (Å²) in [7, 11) is 0. The van der Waals surface area contributed by atoms with Crippen LogP contribution >= 0.6 is 0 Å². The Morgan fingerprint density at radius 1 is 0.826 bits per heavy atom. The summed E-state index contributed by atoms with van der Waals surface area (Å²) in [4.78, 5) is 33.0. The van der Waals surface area contributed by atoms with Gasteiger partial charge in [-0.3, -0.25) is 4.79 Å². The smallest absolute Gasteiger partial charge is 0.303 e. The fourth-order valence-electron chi connectivity index (χ4n) is 1.65. The van der Waals surface area contributed by atoms with Gasteiger partial charge in [-0.15, -0.1) is 0 Å². The number of carboxylic acids is 1. The van der Waals surface area contributed by atoms with Gasteiger partial charge in [-0.05, 0) is 48.0 Å². The summed E-state index contributed by atoms with van der Waals surface area (Å²) in [5.41, 5.74) is -1.07. The first-order chi connectivity index (χ1) is 10.4. The molecule has 0 bridgehead atoms. The first kappa shape index (κ1) is 22.3. The third-order valence-electron chi connectivity index (χ3n) is 2.77. The van der Waals surface area contributed by atoms with E-state index in [1.807, 2.05) is 41.5 Å². The number of carboxylic acid groups (broad SMARTS) is 1. The fraction of sp³-hybridized carbons (Fsp3) is 0.941. The van der Waals surface area contributed by atoms with Gasteiger partial charge in [0, 0.05) is 12.8 Å². The molecule has 0 fully saturated rings. The lowest BCUT2D eigenvalue weighted by Gasteiger charge is -2.35. The molecular weight excluding hydrogens is 300 g/mol. The van der Waals surface area contributed by atoms with Crippen LogP contribution < -0.4 is 0 Å². The van der Waals surface area contributed by atoms with E-state index in [2.05, 4.69) is 6.92 Å². The molecule has 1 N–H and O–H groups in total. The highest BCUT2D eigenvalue weighted by Crippen LogP contribution is 2.31. The Balaban J connectivity index is 5.09. The van der Waals surface area contributed by atoms with Crippen LogP contribution in [0.2, 0.25) is 0 Å². The minimum Gasteiger partial charge on any atom is -0.481 e. The third-order valence-corrected chi connectivity index (χ3v) is 2.77. The van der Waals surface area contributed by atoms with Gasteiger partial charge in [0.2, 0.25) is 5.79 Å². The molecule has 0 unspecified atom stereocenters. The number of rotatable bonds is 11. The minimum atomic E-state index is -1.23. The van der Waals surface area contributed by atoms with E-state index >= 15 is 0 Å². The Hall–Kier alpha value is -0.690. The Bertz CT molecular complexity index is 322. The quantitative estimate of drug-likeness (QED) is 0.257. The van der Waals surface area contributed by atoms with Crippen molar-refractivity contribution >= 4 is 5.97 Å². The molecule has 0 atom stereocenters. The summed E-state index contributed by atoms with van der Waals surface area (Å²) in [6.07, 6.45) is 3.42. The minimum absolute atomic E-state index is 0.0901. The highest BCUT2D eigenvalue weighted by atomic mass is 17.3. The van der Waals surface area contributed by atoms with E-state index in [-0.39, 0.29) is 12.8 Å². The lowest BCUT2D eigenvalue weighted by molar-refractivity contribution is -0.543. The summed E-state index contributed by atoms with van der Waals surface area (Å²) in [5, 5.41) is 9.01. The Morgan fingerprint density at radius 3 is 1.65 bits per heavy atom. The van der Waals surface area contributed by atoms with E-state index in [1.165, 1.54) is 0 Å². The van der Waals surface area contributed by atoms with E-state index in [1.54, 1.807) is 0 Å². The molecule has 23 heavy (non-hydrogen) atoms. The van der Waals surface area contributed by atoms with E-state index in [0.717, 1.165) is 19.3 Å². The summed E-state index contributed by atoms with van der Waals surface area (Å²) in [5.74, 6) is -2.14. The number of hydrogen-bond donors (Lipinski definition) is 1. The molecular formula is C17H34O6. The Labute approximate surface area is 140 Å². The topological polar surface area (TPSA) is 74.2 Å². The second-order valence-corrected chi connectivity index (χ2v) is 7.82. The van der Waals surface area contributed by atoms with Gasteiger partial charge in [-0.2, -0.15) is 9.78 Å². The SMILES string of the molecule is CCCCCC(CCC(=O)O)(OOC(C)(C)C)OOC(C)(C)C. The standard InChI is InChI=1S/C17H34O6/c1-8-9-10-12-17(13-11-14(18)19,22-20-15(2,3)4)23-21-16(5,6)7/h8-13H2,1-7H3,(H,18,19). The van der Waals surface area contributed by atoms with Crippen molar-refractivity contribution in [1.82, 2.24) is 0 Å². The molecule has 0 rings (SSSR count). The molecule has 6 heteroatoms. The molecule has 0 aromatic carbocycles. The summed E-state index contributed by atoms with van der Waals surface area (Å²) >= 11 is 0. The second-order valence-electron chi connectivity index (χ2n) is 7.82. The molecule has 6 nitrogen and oxygen atoms in total. The van der Waals surface area contributed by atoms with Crippen LogP contribution in [0.5, 0.6) is 0 Å². The van der Waals surface area contributed by atoms with Crippen LogP contribution in [0.1, 0.15) is 87.0 Å². The van der Waals surface area contributed by atoms with Gasteiger partial charge in [-0.1, -0.05) is 19.8 Å². The Kier molecular flexibility index (Phi) is 9.28. The van der Waals surface area contributed by atoms with Crippen molar-refractivity contribution in [2.24, 2.45) is 0 Å². The van der Waals surface area contributed by atoms with Crippen LogP contribution in [0.25, 0.3) is 0 Å². The molecule has 138 valence electrons. The van der Waals surface area contributed by atoms with E-state index in [4.69, 9.17) is 24.7 Å². The van der Waals surface area contributed by atoms with Crippen molar-refractivity contribution in [3.8, 4) is 0 Å². The van der Waals surface area contributed by atoms with Crippen molar-refractivity contribution < 1.29 is 29.5 Å². The molecule has 0 aromatic heterocycles. The first-order valence-corrected chi connectivity index (χ1v) is 8.35. The summed E-state index contributed by atoms with van der Waals surface area (Å²) in [6.45, 7) is 13.2. The molecule has 0 aliphatic rings. The zero-order valence-corrected chi connectivity index (χ0v) is 15.7. The monoisotopic (exact) mass is 334 g/mol. The van der Waals surface area contributed by atoms with Gasteiger partial charge in [0.05, 0.1) is 17.6 Å². The second kappa shape index (κ2) is 9.57. The Morgan fingerprint density at radius 2 is 1.30 bits per heavy atom. The maximum Gasteiger partial charge on any atom is 0.303 e. The molecule has 0 heterocycles. The zero-order valence-electron chi connectivity index (χ0n) is 15.7. The number of unbranched alkanes of at least 4 members (excludes halogenated alkanes) is 2. The van der Waals surface area contributed by atoms with Crippen LogP contribution in [0, 0.1) is 0 Å². The number of hydrogen-bond acceptors (Lipinski definition) is 5. The molecule has 0 saturated heterocycles. The van der Waals surface area contributed by atoms with Crippen LogP contribution in [-0.2, 0) is 24.3 Å². The average Bonchev–Trinajstić information content (AvgIpc) is 2.38. The van der Waals surface area contributed by atoms with E-state index < -0.39 is 23.0 Å². The molecule has 0 saturated carbocycles. The predicted molar refractivity (Wildman–Crippen MR) is 87.6 cm³/mol. The first-order valence-electron chi connectivity index (χ1n) is 8.35. The average molecular weight is 334 g/mol. The largest absolute Gasteiger partial charge is 0.481 e. The van der Waals surface area contributed by atoms with Gasteiger partial charge in [0.25, 0.3) is 0 Å². The molecule has 0 aliphatic carbocycles. The van der Waals surface area contributed by atoms with Gasteiger partial charge < -0.3 is 5.11 Å². The third kappa shape index (κ3) is 12.4. The van der Waals surface area contributed by atoms with Gasteiger partial charge in [0.1, 0.15) is 0 Å². The fourth-order valence-corrected chi connectivity index (χ4v) is 1.65. The van der Waals surface area contributed by atoms with Crippen LogP contribution in [-0.4, -0.2) is 28.1 Å². The van der Waals surface area contributed by atoms with Crippen molar-refractivity contribution in [1.29, 1.82) is 0 Å². The summed E-state index contributed by atoms with van der Waals surface area (Å²) < 4.78 is 0. The molecule has 0 aromatic rings. The molecule has 0 amide bonds. The lowest BCUT2D eigenvalue weighted by Crippen LogP contribution is -2.41. The van der Waals surface area contributed by atoms with Crippen molar-refractivity contribution in [2.45, 2.75) is 104 Å². The molecule has 0 aliphatic heterocycles. The lowest BCUT2D eigenvalue weighted by atomic mass is 10.0.